The first-order valence-electron chi connectivity index (χ1n) is 6.98. The average Bonchev–Trinajstić information content (AvgIpc) is 2.83. The molecule has 1 aromatic rings. The van der Waals surface area contributed by atoms with Gasteiger partial charge in [-0.25, -0.2) is 4.79 Å². The van der Waals surface area contributed by atoms with Crippen molar-refractivity contribution in [3.8, 4) is 0 Å². The van der Waals surface area contributed by atoms with E-state index in [1.165, 1.54) is 12.3 Å². The molecule has 0 aliphatic heterocycles. The van der Waals surface area contributed by atoms with Gasteiger partial charge in [0.15, 0.2) is 0 Å². The van der Waals surface area contributed by atoms with Gasteiger partial charge in [-0.2, -0.15) is 0 Å². The second kappa shape index (κ2) is 5.18. The summed E-state index contributed by atoms with van der Waals surface area (Å²) in [6.45, 7) is 7.64. The molecule has 1 aliphatic carbocycles. The first kappa shape index (κ1) is 15.6. The molecule has 1 heterocycles. The highest BCUT2D eigenvalue weighted by Gasteiger charge is 2.66. The van der Waals surface area contributed by atoms with Crippen LogP contribution >= 0.6 is 0 Å². The third-order valence-corrected chi connectivity index (χ3v) is 4.56. The van der Waals surface area contributed by atoms with Crippen LogP contribution in [0.3, 0.4) is 0 Å². The van der Waals surface area contributed by atoms with Gasteiger partial charge in [-0.05, 0) is 19.9 Å². The van der Waals surface area contributed by atoms with Gasteiger partial charge in [0, 0.05) is 18.4 Å². The lowest BCUT2D eigenvalue weighted by atomic mass is 9.54. The number of ether oxygens (including phenoxy) is 1. The van der Waals surface area contributed by atoms with Crippen LogP contribution in [0, 0.1) is 12.3 Å². The molecular weight excluding hydrogens is 274 g/mol. The van der Waals surface area contributed by atoms with Gasteiger partial charge < -0.3 is 19.6 Å². The summed E-state index contributed by atoms with van der Waals surface area (Å²) in [6, 6.07) is 1.53. The number of nitrogens with one attached hydrogen (secondary N) is 1. The number of carboxylic acid groups (broad SMARTS) is 1. The van der Waals surface area contributed by atoms with Crippen LogP contribution in [0.25, 0.3) is 0 Å². The van der Waals surface area contributed by atoms with Crippen LogP contribution in [-0.4, -0.2) is 35.2 Å². The van der Waals surface area contributed by atoms with E-state index in [2.05, 4.69) is 5.32 Å². The second-order valence-electron chi connectivity index (χ2n) is 5.92. The molecule has 1 saturated carbocycles. The fraction of sp³-hybridized carbons (Fsp3) is 0.600. The van der Waals surface area contributed by atoms with Crippen molar-refractivity contribution in [1.29, 1.82) is 0 Å². The molecule has 2 rings (SSSR count). The Morgan fingerprint density at radius 2 is 2.19 bits per heavy atom. The predicted molar refractivity (Wildman–Crippen MR) is 75.1 cm³/mol. The molecule has 0 radical (unpaired) electrons. The summed E-state index contributed by atoms with van der Waals surface area (Å²) in [5.74, 6) is -1.02. The maximum Gasteiger partial charge on any atom is 0.330 e. The van der Waals surface area contributed by atoms with Gasteiger partial charge in [0.05, 0.1) is 17.9 Å². The van der Waals surface area contributed by atoms with Crippen molar-refractivity contribution >= 4 is 11.9 Å². The normalized spacial score (nSPS) is 27.0. The average molecular weight is 295 g/mol. The van der Waals surface area contributed by atoms with Crippen molar-refractivity contribution in [2.75, 3.05) is 6.61 Å². The zero-order valence-corrected chi connectivity index (χ0v) is 12.7. The molecule has 1 aliphatic rings. The Morgan fingerprint density at radius 1 is 1.52 bits per heavy atom. The Hall–Kier alpha value is -1.82. The molecule has 21 heavy (non-hydrogen) atoms. The van der Waals surface area contributed by atoms with Gasteiger partial charge in [0.1, 0.15) is 11.3 Å². The van der Waals surface area contributed by atoms with Gasteiger partial charge in [-0.15, -0.1) is 0 Å². The first-order chi connectivity index (χ1) is 9.76. The molecular formula is C15H21NO5. The van der Waals surface area contributed by atoms with Crippen molar-refractivity contribution in [1.82, 2.24) is 5.32 Å². The SMILES string of the molecule is CCOC1CC(NC(=O)c2ccoc2C)(C(=O)O)C1(C)C. The lowest BCUT2D eigenvalue weighted by Gasteiger charge is -2.58. The Bertz CT molecular complexity index is 562. The minimum absolute atomic E-state index is 0.190. The van der Waals surface area contributed by atoms with Crippen molar-refractivity contribution in [3.05, 3.63) is 23.7 Å². The highest BCUT2D eigenvalue weighted by molar-refractivity contribution is 5.99. The topological polar surface area (TPSA) is 88.8 Å². The predicted octanol–water partition coefficient (Wildman–Crippen LogP) is 1.98. The lowest BCUT2D eigenvalue weighted by molar-refractivity contribution is -0.190. The van der Waals surface area contributed by atoms with Crippen molar-refractivity contribution in [2.24, 2.45) is 5.41 Å². The van der Waals surface area contributed by atoms with Gasteiger partial charge in [0.25, 0.3) is 5.91 Å². The molecule has 1 fully saturated rings. The smallest absolute Gasteiger partial charge is 0.330 e. The van der Waals surface area contributed by atoms with Crippen LogP contribution in [0.4, 0.5) is 0 Å². The molecule has 2 N–H and O–H groups in total. The van der Waals surface area contributed by atoms with Crippen LogP contribution in [0.5, 0.6) is 0 Å². The van der Waals surface area contributed by atoms with Crippen LogP contribution in [-0.2, 0) is 9.53 Å². The minimum atomic E-state index is -1.33. The Kier molecular flexibility index (Phi) is 3.84. The summed E-state index contributed by atoms with van der Waals surface area (Å²) in [5, 5.41) is 12.3. The number of aryl methyl sites for hydroxylation is 1. The fourth-order valence-corrected chi connectivity index (χ4v) is 2.92. The van der Waals surface area contributed by atoms with E-state index in [-0.39, 0.29) is 12.5 Å². The number of carbonyl (C=O) groups excluding carboxylic acids is 1. The van der Waals surface area contributed by atoms with Gasteiger partial charge in [-0.3, -0.25) is 4.79 Å². The maximum absolute atomic E-state index is 12.3. The van der Waals surface area contributed by atoms with E-state index in [1.54, 1.807) is 20.8 Å². The minimum Gasteiger partial charge on any atom is -0.479 e. The summed E-state index contributed by atoms with van der Waals surface area (Å²) in [6.07, 6.45) is 1.47. The van der Waals surface area contributed by atoms with Gasteiger partial charge in [0.2, 0.25) is 0 Å². The summed E-state index contributed by atoms with van der Waals surface area (Å²) < 4.78 is 10.7. The third-order valence-electron chi connectivity index (χ3n) is 4.56. The molecule has 0 saturated heterocycles. The zero-order chi connectivity index (χ0) is 15.8. The van der Waals surface area contributed by atoms with E-state index in [1.807, 2.05) is 6.92 Å². The van der Waals surface area contributed by atoms with Crippen LogP contribution in [0.2, 0.25) is 0 Å². The number of amides is 1. The standard InChI is InChI=1S/C15H21NO5/c1-5-20-11-8-15(13(18)19,14(11,3)4)16-12(17)10-6-7-21-9(10)2/h6-7,11H,5,8H2,1-4H3,(H,16,17)(H,18,19). The molecule has 1 amide bonds. The molecule has 1 aromatic heterocycles. The number of carboxylic acids is 1. The molecule has 2 atom stereocenters. The summed E-state index contributed by atoms with van der Waals surface area (Å²) in [4.78, 5) is 24.1. The van der Waals surface area contributed by atoms with Crippen LogP contribution < -0.4 is 5.32 Å². The van der Waals surface area contributed by atoms with E-state index >= 15 is 0 Å². The molecule has 6 heteroatoms. The summed E-state index contributed by atoms with van der Waals surface area (Å²) >= 11 is 0. The van der Waals surface area contributed by atoms with E-state index < -0.39 is 22.8 Å². The highest BCUT2D eigenvalue weighted by Crippen LogP contribution is 2.51. The number of hydrogen-bond acceptors (Lipinski definition) is 4. The van der Waals surface area contributed by atoms with E-state index in [9.17, 15) is 14.7 Å². The highest BCUT2D eigenvalue weighted by atomic mass is 16.5. The Labute approximate surface area is 123 Å². The lowest BCUT2D eigenvalue weighted by Crippen LogP contribution is -2.76. The molecule has 0 spiro atoms. The molecule has 0 aromatic carbocycles. The van der Waals surface area contributed by atoms with Crippen molar-refractivity contribution in [3.63, 3.8) is 0 Å². The first-order valence-corrected chi connectivity index (χ1v) is 6.98. The molecule has 116 valence electrons. The largest absolute Gasteiger partial charge is 0.479 e. The second-order valence-corrected chi connectivity index (χ2v) is 5.92. The monoisotopic (exact) mass is 295 g/mol. The Balaban J connectivity index is 2.24. The van der Waals surface area contributed by atoms with Gasteiger partial charge in [-0.1, -0.05) is 13.8 Å². The molecule has 2 unspecified atom stereocenters. The van der Waals surface area contributed by atoms with E-state index in [0.29, 0.717) is 17.9 Å². The molecule has 0 bridgehead atoms. The van der Waals surface area contributed by atoms with Crippen LogP contribution in [0.15, 0.2) is 16.7 Å². The number of furan rings is 1. The Morgan fingerprint density at radius 3 is 2.62 bits per heavy atom. The van der Waals surface area contributed by atoms with E-state index in [4.69, 9.17) is 9.15 Å². The zero-order valence-electron chi connectivity index (χ0n) is 12.7. The van der Waals surface area contributed by atoms with Crippen molar-refractivity contribution in [2.45, 2.75) is 45.8 Å². The summed E-state index contributed by atoms with van der Waals surface area (Å²) in [7, 11) is 0. The fourth-order valence-electron chi connectivity index (χ4n) is 2.92. The number of carbonyl (C=O) groups is 2. The van der Waals surface area contributed by atoms with Crippen molar-refractivity contribution < 1.29 is 23.8 Å². The maximum atomic E-state index is 12.3. The number of rotatable bonds is 5. The third kappa shape index (κ3) is 2.23. The number of hydrogen-bond donors (Lipinski definition) is 2. The molecule has 6 nitrogen and oxygen atoms in total. The van der Waals surface area contributed by atoms with E-state index in [0.717, 1.165) is 0 Å². The summed E-state index contributed by atoms with van der Waals surface area (Å²) in [5.41, 5.74) is -1.67. The quantitative estimate of drug-likeness (QED) is 0.867. The number of aliphatic carboxylic acids is 1. The van der Waals surface area contributed by atoms with Gasteiger partial charge >= 0.3 is 5.97 Å². The van der Waals surface area contributed by atoms with Crippen LogP contribution in [0.1, 0.15) is 43.3 Å².